The van der Waals surface area contributed by atoms with E-state index in [0.29, 0.717) is 29.8 Å². The van der Waals surface area contributed by atoms with Crippen LogP contribution in [0.5, 0.6) is 0 Å². The van der Waals surface area contributed by atoms with Gasteiger partial charge < -0.3 is 10.6 Å². The van der Waals surface area contributed by atoms with Gasteiger partial charge in [-0.1, -0.05) is 12.1 Å². The average Bonchev–Trinajstić information content (AvgIpc) is 3.22. The van der Waals surface area contributed by atoms with Gasteiger partial charge >= 0.3 is 0 Å². The Kier molecular flexibility index (Phi) is 4.87. The molecule has 3 aliphatic rings. The number of hydrogen-bond donors (Lipinski definition) is 3. The first-order valence-corrected chi connectivity index (χ1v) is 10.3. The third-order valence-corrected chi connectivity index (χ3v) is 6.03. The van der Waals surface area contributed by atoms with Crippen LogP contribution in [0.15, 0.2) is 30.5 Å². The third kappa shape index (κ3) is 3.43. The van der Waals surface area contributed by atoms with Gasteiger partial charge in [0.25, 0.3) is 11.8 Å². The minimum Gasteiger partial charge on any atom is -0.310 e. The number of fused-ring (bicyclic) bond motifs is 2. The molecular weight excluding hydrogens is 400 g/mol. The van der Waals surface area contributed by atoms with Crippen molar-refractivity contribution >= 4 is 23.6 Å². The molecule has 0 aliphatic carbocycles. The smallest absolute Gasteiger partial charge is 0.262 e. The van der Waals surface area contributed by atoms with Crippen LogP contribution in [0.4, 0.5) is 0 Å². The van der Waals surface area contributed by atoms with E-state index in [1.54, 1.807) is 18.3 Å². The Labute approximate surface area is 178 Å². The van der Waals surface area contributed by atoms with E-state index >= 15 is 0 Å². The SMILES string of the molecule is O=C1CCC(N2C(=O)c3cccc(CNC4CNCc5ccnn5C4)c3C2=O)C(=O)N1. The Balaban J connectivity index is 1.35. The van der Waals surface area contributed by atoms with Crippen molar-refractivity contribution in [3.63, 3.8) is 0 Å². The van der Waals surface area contributed by atoms with Gasteiger partial charge in [0.1, 0.15) is 6.04 Å². The molecular formula is C21H22N6O4. The second-order valence-corrected chi connectivity index (χ2v) is 8.00. The average molecular weight is 422 g/mol. The monoisotopic (exact) mass is 422 g/mol. The van der Waals surface area contributed by atoms with Crippen molar-refractivity contribution in [1.82, 2.24) is 30.6 Å². The summed E-state index contributed by atoms with van der Waals surface area (Å²) in [5.41, 5.74) is 2.44. The van der Waals surface area contributed by atoms with Crippen molar-refractivity contribution in [2.24, 2.45) is 0 Å². The predicted molar refractivity (Wildman–Crippen MR) is 108 cm³/mol. The minimum absolute atomic E-state index is 0.0930. The molecule has 0 radical (unpaired) electrons. The molecule has 2 aromatic rings. The number of hydrogen-bond acceptors (Lipinski definition) is 7. The van der Waals surface area contributed by atoms with Crippen molar-refractivity contribution in [1.29, 1.82) is 0 Å². The van der Waals surface area contributed by atoms with Crippen molar-refractivity contribution in [2.45, 2.75) is 44.6 Å². The Morgan fingerprint density at radius 3 is 2.84 bits per heavy atom. The lowest BCUT2D eigenvalue weighted by Gasteiger charge is -2.27. The van der Waals surface area contributed by atoms with Crippen LogP contribution in [0.1, 0.15) is 44.8 Å². The van der Waals surface area contributed by atoms with E-state index in [0.717, 1.165) is 23.7 Å². The summed E-state index contributed by atoms with van der Waals surface area (Å²) < 4.78 is 1.95. The highest BCUT2D eigenvalue weighted by atomic mass is 16.2. The van der Waals surface area contributed by atoms with Crippen LogP contribution >= 0.6 is 0 Å². The van der Waals surface area contributed by atoms with Gasteiger partial charge in [0.05, 0.1) is 23.4 Å². The Morgan fingerprint density at radius 2 is 2.00 bits per heavy atom. The Morgan fingerprint density at radius 1 is 1.13 bits per heavy atom. The standard InChI is InChI=1S/C21H22N6O4/c28-17-5-4-16(19(29)25-17)27-20(30)15-3-1-2-12(18(15)21(27)31)8-23-13-9-22-10-14-6-7-24-26(14)11-13/h1-3,6-7,13,16,22-23H,4-5,8-11H2,(H,25,28,29). The molecule has 160 valence electrons. The van der Waals surface area contributed by atoms with E-state index in [4.69, 9.17) is 0 Å². The van der Waals surface area contributed by atoms with Gasteiger partial charge in [-0.2, -0.15) is 5.10 Å². The van der Waals surface area contributed by atoms with E-state index in [-0.39, 0.29) is 24.8 Å². The van der Waals surface area contributed by atoms with Crippen LogP contribution < -0.4 is 16.0 Å². The topological polar surface area (TPSA) is 125 Å². The number of nitrogens with zero attached hydrogens (tertiary/aromatic N) is 3. The lowest BCUT2D eigenvalue weighted by molar-refractivity contribution is -0.136. The maximum atomic E-state index is 13.2. The maximum Gasteiger partial charge on any atom is 0.262 e. The summed E-state index contributed by atoms with van der Waals surface area (Å²) in [7, 11) is 0. The fourth-order valence-electron chi connectivity index (χ4n) is 4.45. The molecule has 2 atom stereocenters. The fraction of sp³-hybridized carbons (Fsp3) is 0.381. The van der Waals surface area contributed by atoms with Crippen LogP contribution in [0.25, 0.3) is 0 Å². The number of piperidine rings is 1. The van der Waals surface area contributed by atoms with Gasteiger partial charge in [-0.05, 0) is 24.1 Å². The molecule has 0 spiro atoms. The summed E-state index contributed by atoms with van der Waals surface area (Å²) in [6, 6.07) is 6.27. The number of rotatable bonds is 4. The van der Waals surface area contributed by atoms with Crippen LogP contribution in [0, 0.1) is 0 Å². The summed E-state index contributed by atoms with van der Waals surface area (Å²) in [5.74, 6) is -1.97. The Hall–Kier alpha value is -3.37. The first kappa shape index (κ1) is 19.6. The summed E-state index contributed by atoms with van der Waals surface area (Å²) in [6.45, 7) is 2.58. The first-order chi connectivity index (χ1) is 15.0. The molecule has 3 aliphatic heterocycles. The predicted octanol–water partition coefficient (Wildman–Crippen LogP) is -0.454. The highest BCUT2D eigenvalue weighted by Crippen LogP contribution is 2.30. The highest BCUT2D eigenvalue weighted by molar-refractivity contribution is 6.24. The zero-order chi connectivity index (χ0) is 21.5. The van der Waals surface area contributed by atoms with Crippen molar-refractivity contribution < 1.29 is 19.2 Å². The minimum atomic E-state index is -0.963. The lowest BCUT2D eigenvalue weighted by atomic mass is 10.0. The van der Waals surface area contributed by atoms with Gasteiger partial charge in [-0.3, -0.25) is 34.1 Å². The molecule has 10 nitrogen and oxygen atoms in total. The number of amides is 4. The van der Waals surface area contributed by atoms with Gasteiger partial charge in [-0.15, -0.1) is 0 Å². The summed E-state index contributed by atoms with van der Waals surface area (Å²) in [4.78, 5) is 50.8. The van der Waals surface area contributed by atoms with Gasteiger partial charge in [-0.25, -0.2) is 0 Å². The van der Waals surface area contributed by atoms with Gasteiger partial charge in [0.15, 0.2) is 0 Å². The second kappa shape index (κ2) is 7.71. The molecule has 1 aromatic heterocycles. The molecule has 0 saturated carbocycles. The molecule has 1 saturated heterocycles. The lowest BCUT2D eigenvalue weighted by Crippen LogP contribution is -2.54. The number of carbonyl (C=O) groups is 4. The number of carbonyl (C=O) groups excluding carboxylic acids is 4. The van der Waals surface area contributed by atoms with Crippen molar-refractivity contribution in [2.75, 3.05) is 6.54 Å². The molecule has 2 unspecified atom stereocenters. The number of aromatic nitrogens is 2. The second-order valence-electron chi connectivity index (χ2n) is 8.00. The summed E-state index contributed by atoms with van der Waals surface area (Å²) in [6.07, 6.45) is 2.02. The van der Waals surface area contributed by atoms with Gasteiger partial charge in [0.2, 0.25) is 11.8 Å². The van der Waals surface area contributed by atoms with E-state index < -0.39 is 23.8 Å². The third-order valence-electron chi connectivity index (χ3n) is 6.03. The molecule has 1 fully saturated rings. The van der Waals surface area contributed by atoms with Crippen molar-refractivity contribution in [3.05, 3.63) is 52.8 Å². The molecule has 1 aromatic carbocycles. The molecule has 10 heteroatoms. The first-order valence-electron chi connectivity index (χ1n) is 10.3. The normalized spacial score (nSPS) is 23.4. The van der Waals surface area contributed by atoms with E-state index in [1.165, 1.54) is 0 Å². The molecule has 0 bridgehead atoms. The summed E-state index contributed by atoms with van der Waals surface area (Å²) >= 11 is 0. The highest BCUT2D eigenvalue weighted by Gasteiger charge is 2.45. The van der Waals surface area contributed by atoms with Crippen LogP contribution in [0.3, 0.4) is 0 Å². The number of benzene rings is 1. The van der Waals surface area contributed by atoms with E-state index in [1.807, 2.05) is 16.8 Å². The number of nitrogens with one attached hydrogen (secondary N) is 3. The van der Waals surface area contributed by atoms with E-state index in [9.17, 15) is 19.2 Å². The molecule has 5 rings (SSSR count). The van der Waals surface area contributed by atoms with Crippen LogP contribution in [-0.2, 0) is 29.2 Å². The zero-order valence-corrected chi connectivity index (χ0v) is 16.8. The fourth-order valence-corrected chi connectivity index (χ4v) is 4.45. The molecule has 4 amide bonds. The maximum absolute atomic E-state index is 13.2. The molecule has 31 heavy (non-hydrogen) atoms. The Bertz CT molecular complexity index is 1090. The molecule has 4 heterocycles. The quantitative estimate of drug-likeness (QED) is 0.570. The summed E-state index contributed by atoms with van der Waals surface area (Å²) in [5, 5.41) is 13.4. The van der Waals surface area contributed by atoms with Crippen LogP contribution in [-0.4, -0.2) is 56.9 Å². The largest absolute Gasteiger partial charge is 0.310 e. The van der Waals surface area contributed by atoms with E-state index in [2.05, 4.69) is 21.0 Å². The number of imide groups is 2. The zero-order valence-electron chi connectivity index (χ0n) is 16.8. The van der Waals surface area contributed by atoms with Crippen molar-refractivity contribution in [3.8, 4) is 0 Å². The van der Waals surface area contributed by atoms with Crippen LogP contribution in [0.2, 0.25) is 0 Å². The van der Waals surface area contributed by atoms with Gasteiger partial charge in [0, 0.05) is 38.3 Å². The molecule has 3 N–H and O–H groups in total.